The van der Waals surface area contributed by atoms with E-state index in [0.29, 0.717) is 0 Å². The predicted octanol–water partition coefficient (Wildman–Crippen LogP) is 3.35. The number of benzene rings is 1. The highest BCUT2D eigenvalue weighted by atomic mass is 16.5. The Kier molecular flexibility index (Phi) is 6.09. The van der Waals surface area contributed by atoms with E-state index in [-0.39, 0.29) is 0 Å². The minimum absolute atomic E-state index is 0.785. The Labute approximate surface area is 121 Å². The molecular weight excluding hydrogens is 248 g/mol. The number of hydrogen-bond acceptors (Lipinski definition) is 2. The Hall–Kier alpha value is -1.32. The second kappa shape index (κ2) is 8.08. The molecule has 0 aliphatic carbocycles. The van der Waals surface area contributed by atoms with E-state index in [1.165, 1.54) is 22.9 Å². The van der Waals surface area contributed by atoms with Gasteiger partial charge >= 0.3 is 0 Å². The van der Waals surface area contributed by atoms with Gasteiger partial charge in [0.1, 0.15) is 0 Å². The third-order valence-corrected chi connectivity index (χ3v) is 3.66. The number of nitrogens with two attached hydrogens (primary N) is 1. The van der Waals surface area contributed by atoms with Crippen molar-refractivity contribution in [1.82, 2.24) is 4.57 Å². The zero-order valence-electron chi connectivity index (χ0n) is 12.5. The molecule has 0 amide bonds. The molecule has 1 aromatic carbocycles. The van der Waals surface area contributed by atoms with Gasteiger partial charge in [0.05, 0.1) is 0 Å². The number of nitrogens with zero attached hydrogens (tertiary/aromatic N) is 1. The summed E-state index contributed by atoms with van der Waals surface area (Å²) in [5.74, 6) is 0. The summed E-state index contributed by atoms with van der Waals surface area (Å²) < 4.78 is 7.79. The fourth-order valence-electron chi connectivity index (χ4n) is 2.65. The van der Waals surface area contributed by atoms with E-state index in [1.807, 2.05) is 6.92 Å². The van der Waals surface area contributed by atoms with Crippen LogP contribution in [-0.2, 0) is 17.7 Å². The van der Waals surface area contributed by atoms with Gasteiger partial charge in [0, 0.05) is 36.9 Å². The largest absolute Gasteiger partial charge is 0.382 e. The zero-order valence-corrected chi connectivity index (χ0v) is 12.5. The highest BCUT2D eigenvalue weighted by molar-refractivity contribution is 5.83. The maximum Gasteiger partial charge on any atom is 0.0483 e. The molecule has 0 aliphatic heterocycles. The second-order valence-electron chi connectivity index (χ2n) is 5.16. The van der Waals surface area contributed by atoms with Gasteiger partial charge in [-0.1, -0.05) is 18.2 Å². The van der Waals surface area contributed by atoms with Crippen LogP contribution >= 0.6 is 0 Å². The summed E-state index contributed by atoms with van der Waals surface area (Å²) in [5, 5.41) is 1.39. The topological polar surface area (TPSA) is 40.2 Å². The maximum absolute atomic E-state index is 5.59. The number of hydrogen-bond donors (Lipinski definition) is 1. The Morgan fingerprint density at radius 1 is 1.15 bits per heavy atom. The summed E-state index contributed by atoms with van der Waals surface area (Å²) in [6.45, 7) is 5.49. The molecule has 0 spiro atoms. The minimum atomic E-state index is 0.785. The van der Waals surface area contributed by atoms with Gasteiger partial charge in [-0.05, 0) is 50.8 Å². The number of rotatable bonds is 9. The summed E-state index contributed by atoms with van der Waals surface area (Å²) in [6.07, 6.45) is 6.77. The third-order valence-electron chi connectivity index (χ3n) is 3.66. The molecule has 0 fully saturated rings. The van der Waals surface area contributed by atoms with Crippen molar-refractivity contribution in [3.05, 3.63) is 36.0 Å². The van der Waals surface area contributed by atoms with Crippen LogP contribution in [0.4, 0.5) is 0 Å². The van der Waals surface area contributed by atoms with Crippen molar-refractivity contribution in [3.63, 3.8) is 0 Å². The van der Waals surface area contributed by atoms with E-state index >= 15 is 0 Å². The minimum Gasteiger partial charge on any atom is -0.382 e. The smallest absolute Gasteiger partial charge is 0.0483 e. The lowest BCUT2D eigenvalue weighted by Crippen LogP contribution is -2.01. The number of fused-ring (bicyclic) bond motifs is 1. The highest BCUT2D eigenvalue weighted by Crippen LogP contribution is 2.23. The van der Waals surface area contributed by atoms with Crippen LogP contribution in [0.1, 0.15) is 31.7 Å². The van der Waals surface area contributed by atoms with E-state index in [0.717, 1.165) is 45.6 Å². The van der Waals surface area contributed by atoms with Crippen molar-refractivity contribution >= 4 is 10.9 Å². The van der Waals surface area contributed by atoms with Gasteiger partial charge in [0.2, 0.25) is 0 Å². The predicted molar refractivity (Wildman–Crippen MR) is 85.0 cm³/mol. The van der Waals surface area contributed by atoms with Crippen LogP contribution in [0.25, 0.3) is 10.9 Å². The standard InChI is InChI=1S/C17H26N2O/c1-2-20-13-7-12-19-14-15(8-5-6-11-18)16-9-3-4-10-17(16)19/h3-4,9-10,14H,2,5-8,11-13,18H2,1H3. The summed E-state index contributed by atoms with van der Waals surface area (Å²) in [6, 6.07) is 8.68. The number of aromatic nitrogens is 1. The van der Waals surface area contributed by atoms with Crippen molar-refractivity contribution in [1.29, 1.82) is 0 Å². The van der Waals surface area contributed by atoms with Crippen LogP contribution in [-0.4, -0.2) is 24.3 Å². The van der Waals surface area contributed by atoms with Gasteiger partial charge in [-0.2, -0.15) is 0 Å². The summed E-state index contributed by atoms with van der Waals surface area (Å²) in [4.78, 5) is 0. The molecule has 20 heavy (non-hydrogen) atoms. The first-order chi connectivity index (χ1) is 9.86. The lowest BCUT2D eigenvalue weighted by Gasteiger charge is -2.05. The maximum atomic E-state index is 5.59. The number of ether oxygens (including phenoxy) is 1. The van der Waals surface area contributed by atoms with Crippen LogP contribution < -0.4 is 5.73 Å². The van der Waals surface area contributed by atoms with Crippen molar-refractivity contribution in [2.45, 2.75) is 39.2 Å². The lowest BCUT2D eigenvalue weighted by atomic mass is 10.1. The molecule has 2 N–H and O–H groups in total. The average molecular weight is 274 g/mol. The molecule has 0 saturated carbocycles. The summed E-state index contributed by atoms with van der Waals surface area (Å²) >= 11 is 0. The molecule has 1 aromatic heterocycles. The molecule has 0 radical (unpaired) electrons. The number of unbranched alkanes of at least 4 members (excludes halogenated alkanes) is 1. The molecule has 110 valence electrons. The molecule has 0 bridgehead atoms. The van der Waals surface area contributed by atoms with E-state index < -0.39 is 0 Å². The van der Waals surface area contributed by atoms with Crippen LogP contribution in [0.2, 0.25) is 0 Å². The van der Waals surface area contributed by atoms with Gasteiger partial charge in [0.15, 0.2) is 0 Å². The molecule has 0 unspecified atom stereocenters. The second-order valence-corrected chi connectivity index (χ2v) is 5.16. The fourth-order valence-corrected chi connectivity index (χ4v) is 2.65. The quantitative estimate of drug-likeness (QED) is 0.712. The SMILES string of the molecule is CCOCCCn1cc(CCCCN)c2ccccc21. The van der Waals surface area contributed by atoms with Gasteiger partial charge < -0.3 is 15.0 Å². The first kappa shape index (κ1) is 15.1. The van der Waals surface area contributed by atoms with E-state index in [1.54, 1.807) is 0 Å². The first-order valence-electron chi connectivity index (χ1n) is 7.71. The lowest BCUT2D eigenvalue weighted by molar-refractivity contribution is 0.142. The van der Waals surface area contributed by atoms with Crippen molar-refractivity contribution in [2.75, 3.05) is 19.8 Å². The monoisotopic (exact) mass is 274 g/mol. The molecule has 1 heterocycles. The normalized spacial score (nSPS) is 11.3. The Morgan fingerprint density at radius 3 is 2.80 bits per heavy atom. The van der Waals surface area contributed by atoms with Crippen LogP contribution in [0.3, 0.4) is 0 Å². The first-order valence-corrected chi connectivity index (χ1v) is 7.71. The molecular formula is C17H26N2O. The van der Waals surface area contributed by atoms with Gasteiger partial charge in [-0.25, -0.2) is 0 Å². The van der Waals surface area contributed by atoms with Crippen LogP contribution in [0.5, 0.6) is 0 Å². The van der Waals surface area contributed by atoms with E-state index in [2.05, 4.69) is 35.0 Å². The van der Waals surface area contributed by atoms with Gasteiger partial charge in [0.25, 0.3) is 0 Å². The highest BCUT2D eigenvalue weighted by Gasteiger charge is 2.07. The molecule has 3 nitrogen and oxygen atoms in total. The molecule has 2 aromatic rings. The molecule has 2 rings (SSSR count). The van der Waals surface area contributed by atoms with Crippen molar-refractivity contribution < 1.29 is 4.74 Å². The Balaban J connectivity index is 2.09. The van der Waals surface area contributed by atoms with E-state index in [9.17, 15) is 0 Å². The Bertz CT molecular complexity index is 519. The van der Waals surface area contributed by atoms with Crippen molar-refractivity contribution in [3.8, 4) is 0 Å². The molecule has 0 aliphatic rings. The third kappa shape index (κ3) is 3.84. The average Bonchev–Trinajstić information content (AvgIpc) is 2.83. The Morgan fingerprint density at radius 2 is 2.00 bits per heavy atom. The fraction of sp³-hybridized carbons (Fsp3) is 0.529. The van der Waals surface area contributed by atoms with Crippen LogP contribution in [0.15, 0.2) is 30.5 Å². The molecule has 0 atom stereocenters. The number of para-hydroxylation sites is 1. The molecule has 3 heteroatoms. The zero-order chi connectivity index (χ0) is 14.2. The van der Waals surface area contributed by atoms with Gasteiger partial charge in [-0.3, -0.25) is 0 Å². The van der Waals surface area contributed by atoms with Gasteiger partial charge in [-0.15, -0.1) is 0 Å². The van der Waals surface area contributed by atoms with Crippen LogP contribution in [0, 0.1) is 0 Å². The summed E-state index contributed by atoms with van der Waals surface area (Å²) in [7, 11) is 0. The molecule has 0 saturated heterocycles. The summed E-state index contributed by atoms with van der Waals surface area (Å²) in [5.41, 5.74) is 8.37. The number of aryl methyl sites for hydroxylation is 2. The van der Waals surface area contributed by atoms with Crippen molar-refractivity contribution in [2.24, 2.45) is 5.73 Å². The van der Waals surface area contributed by atoms with E-state index in [4.69, 9.17) is 10.5 Å².